The molecular formula is C44H50N8O6. The third-order valence-corrected chi connectivity index (χ3v) is 13.4. The fourth-order valence-electron chi connectivity index (χ4n) is 10.2. The van der Waals surface area contributed by atoms with Crippen LogP contribution >= 0.6 is 0 Å². The van der Waals surface area contributed by atoms with Crippen molar-refractivity contribution in [3.8, 4) is 5.75 Å². The van der Waals surface area contributed by atoms with Crippen LogP contribution in [0.4, 0.5) is 11.4 Å². The second-order valence-corrected chi connectivity index (χ2v) is 17.0. The van der Waals surface area contributed by atoms with E-state index < -0.39 is 23.8 Å². The number of piperidine rings is 2. The van der Waals surface area contributed by atoms with E-state index in [0.717, 1.165) is 54.7 Å². The molecule has 2 saturated heterocycles. The maximum Gasteiger partial charge on any atom is 0.274 e. The van der Waals surface area contributed by atoms with Crippen molar-refractivity contribution < 1.29 is 28.7 Å². The Hall–Kier alpha value is -5.63. The molecule has 1 spiro atoms. The van der Waals surface area contributed by atoms with Crippen LogP contribution in [0.1, 0.15) is 108 Å². The van der Waals surface area contributed by atoms with Crippen LogP contribution in [-0.2, 0) is 9.59 Å². The molecule has 4 fully saturated rings. The van der Waals surface area contributed by atoms with Gasteiger partial charge in [0.15, 0.2) is 0 Å². The van der Waals surface area contributed by atoms with Crippen LogP contribution in [0, 0.1) is 17.3 Å². The first kappa shape index (κ1) is 37.9. The molecule has 4 aromatic rings. The SMILES string of the molecule is COc1cc2nn(C3CCC(CN4CCC5(CC4)CC(CCNc4cccc6c4C(=O)N(C4CCC(=O)NC4=O)C6=O)C5)CC3)cc2cc1NC(=O)c1ccccn1. The van der Waals surface area contributed by atoms with Gasteiger partial charge in [0.1, 0.15) is 17.5 Å². The van der Waals surface area contributed by atoms with Crippen LogP contribution in [0.2, 0.25) is 0 Å². The van der Waals surface area contributed by atoms with E-state index in [-0.39, 0.29) is 24.7 Å². The van der Waals surface area contributed by atoms with Crippen LogP contribution in [-0.4, -0.2) is 93.4 Å². The molecule has 2 saturated carbocycles. The number of pyridine rings is 1. The molecule has 5 heterocycles. The van der Waals surface area contributed by atoms with Gasteiger partial charge in [-0.25, -0.2) is 0 Å². The quantitative estimate of drug-likeness (QED) is 0.158. The summed E-state index contributed by atoms with van der Waals surface area (Å²) in [5.74, 6) is -0.329. The minimum atomic E-state index is -0.969. The highest BCUT2D eigenvalue weighted by molar-refractivity contribution is 6.25. The van der Waals surface area contributed by atoms with E-state index in [1.807, 2.05) is 18.2 Å². The Labute approximate surface area is 337 Å². The number of nitrogens with one attached hydrogen (secondary N) is 3. The van der Waals surface area contributed by atoms with Gasteiger partial charge in [0.25, 0.3) is 17.7 Å². The minimum absolute atomic E-state index is 0.0988. The second kappa shape index (κ2) is 15.6. The number of carbonyl (C=O) groups excluding carboxylic acids is 5. The van der Waals surface area contributed by atoms with Crippen molar-refractivity contribution in [2.24, 2.45) is 17.3 Å². The summed E-state index contributed by atoms with van der Waals surface area (Å²) >= 11 is 0. The lowest BCUT2D eigenvalue weighted by molar-refractivity contribution is -0.136. The lowest BCUT2D eigenvalue weighted by Crippen LogP contribution is -2.54. The molecule has 14 heteroatoms. The zero-order valence-electron chi connectivity index (χ0n) is 32.9. The molecule has 3 N–H and O–H groups in total. The minimum Gasteiger partial charge on any atom is -0.494 e. The molecule has 2 aromatic heterocycles. The molecule has 1 unspecified atom stereocenters. The second-order valence-electron chi connectivity index (χ2n) is 17.0. The lowest BCUT2D eigenvalue weighted by Gasteiger charge is -2.53. The number of anilines is 2. The molecule has 2 aromatic carbocycles. The van der Waals surface area contributed by atoms with E-state index >= 15 is 0 Å². The smallest absolute Gasteiger partial charge is 0.274 e. The standard InChI is InChI=1S/C44H50N8O6/c1-58-37-22-34-29(21-35(37)47-40(54)33-6-2-3-17-45-33)26-51(49-34)30-10-8-27(9-11-30)25-50-19-15-44(16-20-50)23-28(24-44)14-18-46-32-7-4-5-31-39(32)43(57)52(42(31)56)36-12-13-38(53)48-41(36)55/h2-7,17,21-22,26-28,30,36,46H,8-16,18-20,23-25H2,1H3,(H,47,54)(H,48,53,55). The number of hydrogen-bond acceptors (Lipinski definition) is 10. The van der Waals surface area contributed by atoms with E-state index in [0.29, 0.717) is 63.8 Å². The first-order chi connectivity index (χ1) is 28.2. The van der Waals surface area contributed by atoms with Crippen molar-refractivity contribution in [1.82, 2.24) is 29.9 Å². The molecule has 0 radical (unpaired) electrons. The maximum atomic E-state index is 13.4. The van der Waals surface area contributed by atoms with Gasteiger partial charge in [-0.05, 0) is 125 Å². The molecule has 1 atom stereocenters. The molecule has 5 aliphatic rings. The monoisotopic (exact) mass is 786 g/mol. The van der Waals surface area contributed by atoms with Crippen molar-refractivity contribution in [1.29, 1.82) is 0 Å². The van der Waals surface area contributed by atoms with E-state index in [4.69, 9.17) is 9.84 Å². The van der Waals surface area contributed by atoms with Crippen molar-refractivity contribution >= 4 is 51.8 Å². The highest BCUT2D eigenvalue weighted by Gasteiger charge is 2.47. The number of aromatic nitrogens is 3. The van der Waals surface area contributed by atoms with Crippen molar-refractivity contribution in [3.63, 3.8) is 0 Å². The molecule has 302 valence electrons. The Morgan fingerprint density at radius 2 is 1.74 bits per heavy atom. The van der Waals surface area contributed by atoms with Gasteiger partial charge < -0.3 is 20.3 Å². The van der Waals surface area contributed by atoms with E-state index in [2.05, 4.69) is 36.7 Å². The molecule has 14 nitrogen and oxygen atoms in total. The maximum absolute atomic E-state index is 13.4. The third kappa shape index (κ3) is 7.34. The number of ether oxygens (including phenoxy) is 1. The predicted octanol–water partition coefficient (Wildman–Crippen LogP) is 5.82. The Morgan fingerprint density at radius 1 is 0.931 bits per heavy atom. The number of methoxy groups -OCH3 is 1. The van der Waals surface area contributed by atoms with Crippen LogP contribution in [0.15, 0.2) is 60.9 Å². The highest BCUT2D eigenvalue weighted by Crippen LogP contribution is 2.54. The summed E-state index contributed by atoms with van der Waals surface area (Å²) in [6.07, 6.45) is 14.5. The zero-order valence-corrected chi connectivity index (χ0v) is 32.9. The van der Waals surface area contributed by atoms with E-state index in [1.165, 1.54) is 38.5 Å². The van der Waals surface area contributed by atoms with Gasteiger partial charge in [-0.1, -0.05) is 12.1 Å². The number of fused-ring (bicyclic) bond motifs is 2. The first-order valence-corrected chi connectivity index (χ1v) is 20.8. The number of hydrogen-bond donors (Lipinski definition) is 3. The summed E-state index contributed by atoms with van der Waals surface area (Å²) in [6, 6.07) is 13.7. The Bertz CT molecular complexity index is 2250. The Morgan fingerprint density at radius 3 is 2.48 bits per heavy atom. The van der Waals surface area contributed by atoms with E-state index in [1.54, 1.807) is 43.6 Å². The number of likely N-dealkylation sites (tertiary alicyclic amines) is 1. The predicted molar refractivity (Wildman–Crippen MR) is 217 cm³/mol. The number of rotatable bonds is 11. The first-order valence-electron chi connectivity index (χ1n) is 20.8. The van der Waals surface area contributed by atoms with Gasteiger partial charge >= 0.3 is 0 Å². The zero-order chi connectivity index (χ0) is 40.0. The summed E-state index contributed by atoms with van der Waals surface area (Å²) in [7, 11) is 1.60. The molecule has 5 amide bonds. The van der Waals surface area contributed by atoms with Gasteiger partial charge in [0.2, 0.25) is 11.8 Å². The van der Waals surface area contributed by atoms with Gasteiger partial charge in [-0.2, -0.15) is 5.10 Å². The van der Waals surface area contributed by atoms with Crippen LogP contribution in [0.5, 0.6) is 5.75 Å². The van der Waals surface area contributed by atoms with Crippen molar-refractivity contribution in [2.75, 3.05) is 43.9 Å². The van der Waals surface area contributed by atoms with Crippen LogP contribution in [0.25, 0.3) is 10.9 Å². The van der Waals surface area contributed by atoms with Gasteiger partial charge in [-0.15, -0.1) is 0 Å². The average Bonchev–Trinajstić information content (AvgIpc) is 3.75. The topological polar surface area (TPSA) is 168 Å². The van der Waals surface area contributed by atoms with E-state index in [9.17, 15) is 24.0 Å². The molecule has 58 heavy (non-hydrogen) atoms. The van der Waals surface area contributed by atoms with Crippen LogP contribution in [0.3, 0.4) is 0 Å². The van der Waals surface area contributed by atoms with Gasteiger partial charge in [0, 0.05) is 49.0 Å². The highest BCUT2D eigenvalue weighted by atomic mass is 16.5. The molecule has 0 bridgehead atoms. The largest absolute Gasteiger partial charge is 0.494 e. The average molecular weight is 787 g/mol. The summed E-state index contributed by atoms with van der Waals surface area (Å²) in [6.45, 7) is 4.19. The summed E-state index contributed by atoms with van der Waals surface area (Å²) < 4.78 is 7.72. The lowest BCUT2D eigenvalue weighted by atomic mass is 9.57. The number of nitrogens with zero attached hydrogens (tertiary/aromatic N) is 5. The van der Waals surface area contributed by atoms with Crippen molar-refractivity contribution in [3.05, 3.63) is 77.7 Å². The van der Waals surface area contributed by atoms with Gasteiger partial charge in [-0.3, -0.25) is 43.9 Å². The Kier molecular flexibility index (Phi) is 10.2. The number of amides is 5. The molecule has 3 aliphatic heterocycles. The normalized spacial score (nSPS) is 23.5. The molecule has 2 aliphatic carbocycles. The van der Waals surface area contributed by atoms with Crippen molar-refractivity contribution in [2.45, 2.75) is 82.7 Å². The molecular weight excluding hydrogens is 737 g/mol. The third-order valence-electron chi connectivity index (χ3n) is 13.4. The summed E-state index contributed by atoms with van der Waals surface area (Å²) in [5, 5.41) is 14.5. The summed E-state index contributed by atoms with van der Waals surface area (Å²) in [4.78, 5) is 71.4. The molecule has 9 rings (SSSR count). The number of imide groups is 2. The summed E-state index contributed by atoms with van der Waals surface area (Å²) in [5.41, 5.74) is 3.48. The number of benzene rings is 2. The fraction of sp³-hybridized carbons (Fsp3) is 0.477. The van der Waals surface area contributed by atoms with Gasteiger partial charge in [0.05, 0.1) is 35.5 Å². The fourth-order valence-corrected chi connectivity index (χ4v) is 10.2. The van der Waals surface area contributed by atoms with Crippen LogP contribution < -0.4 is 20.7 Å². The number of carbonyl (C=O) groups is 5. The Balaban J connectivity index is 0.712.